The van der Waals surface area contributed by atoms with Crippen molar-refractivity contribution in [3.8, 4) is 0 Å². The summed E-state index contributed by atoms with van der Waals surface area (Å²) in [4.78, 5) is 43.4. The van der Waals surface area contributed by atoms with Crippen LogP contribution in [0.25, 0.3) is 0 Å². The SMILES string of the molecule is CCCNC(=O)[C@@H]1[C@H]2C(=O)N([C@@H](CO)CC(C)C)C(C(=O)Nc3cc(C)ccc3C)C23CC[C@@]1(C)S3. The van der Waals surface area contributed by atoms with Crippen molar-refractivity contribution in [1.82, 2.24) is 10.2 Å². The summed E-state index contributed by atoms with van der Waals surface area (Å²) in [6.45, 7) is 12.5. The van der Waals surface area contributed by atoms with E-state index in [4.69, 9.17) is 0 Å². The van der Waals surface area contributed by atoms with Gasteiger partial charge in [-0.3, -0.25) is 14.4 Å². The van der Waals surface area contributed by atoms with E-state index in [0.717, 1.165) is 29.7 Å². The van der Waals surface area contributed by atoms with Gasteiger partial charge in [-0.2, -0.15) is 0 Å². The number of thioether (sulfide) groups is 1. The predicted molar refractivity (Wildman–Crippen MR) is 144 cm³/mol. The number of carbonyl (C=O) groups excluding carboxylic acids is 3. The molecule has 3 aliphatic rings. The predicted octanol–water partition coefficient (Wildman–Crippen LogP) is 3.66. The molecule has 0 radical (unpaired) electrons. The maximum Gasteiger partial charge on any atom is 0.248 e. The highest BCUT2D eigenvalue weighted by Crippen LogP contribution is 2.71. The standard InChI is InChI=1S/C28H41N3O4S/c1-7-12-29-24(33)21-22-26(35)31(19(15-32)13-16(2)3)23(28(22)11-10-27(21,6)36-28)25(34)30-20-14-17(4)8-9-18(20)5/h8-9,14,16,19,21-23,32H,7,10-13,15H2,1-6H3,(H,29,33)(H,30,34)/t19-,21+,22+,23?,27-,28?/m1/s1. The average Bonchev–Trinajstić information content (AvgIpc) is 3.39. The van der Waals surface area contributed by atoms with E-state index in [1.807, 2.05) is 39.0 Å². The highest BCUT2D eigenvalue weighted by atomic mass is 32.2. The summed E-state index contributed by atoms with van der Waals surface area (Å²) in [5.41, 5.74) is 2.72. The monoisotopic (exact) mass is 515 g/mol. The smallest absolute Gasteiger partial charge is 0.248 e. The van der Waals surface area contributed by atoms with Crippen LogP contribution in [-0.4, -0.2) is 62.5 Å². The number of nitrogens with one attached hydrogen (secondary N) is 2. The van der Waals surface area contributed by atoms with Crippen molar-refractivity contribution in [2.45, 2.75) is 88.8 Å². The highest BCUT2D eigenvalue weighted by molar-refractivity contribution is 8.02. The van der Waals surface area contributed by atoms with Crippen LogP contribution in [0.1, 0.15) is 64.5 Å². The van der Waals surface area contributed by atoms with E-state index in [9.17, 15) is 19.5 Å². The number of aliphatic hydroxyl groups excluding tert-OH is 1. The van der Waals surface area contributed by atoms with Gasteiger partial charge in [-0.15, -0.1) is 11.8 Å². The van der Waals surface area contributed by atoms with Crippen LogP contribution in [0.4, 0.5) is 5.69 Å². The lowest BCUT2D eigenvalue weighted by molar-refractivity contribution is -0.143. The van der Waals surface area contributed by atoms with E-state index in [0.29, 0.717) is 19.4 Å². The minimum Gasteiger partial charge on any atom is -0.394 e. The van der Waals surface area contributed by atoms with Crippen LogP contribution in [0.5, 0.6) is 0 Å². The summed E-state index contributed by atoms with van der Waals surface area (Å²) in [7, 11) is 0. The van der Waals surface area contributed by atoms with Gasteiger partial charge < -0.3 is 20.6 Å². The molecule has 3 aliphatic heterocycles. The molecule has 0 aliphatic carbocycles. The lowest BCUT2D eigenvalue weighted by atomic mass is 9.66. The van der Waals surface area contributed by atoms with Gasteiger partial charge >= 0.3 is 0 Å². The number of nitrogens with zero attached hydrogens (tertiary/aromatic N) is 1. The first kappa shape index (κ1) is 27.0. The number of hydrogen-bond acceptors (Lipinski definition) is 5. The topological polar surface area (TPSA) is 98.7 Å². The summed E-state index contributed by atoms with van der Waals surface area (Å²) in [5.74, 6) is -1.31. The molecule has 2 bridgehead atoms. The minimum absolute atomic E-state index is 0.0910. The Morgan fingerprint density at radius 1 is 1.22 bits per heavy atom. The molecule has 3 amide bonds. The van der Waals surface area contributed by atoms with Crippen LogP contribution in [0.3, 0.4) is 0 Å². The number of anilines is 1. The second kappa shape index (κ2) is 10.0. The quantitative estimate of drug-likeness (QED) is 0.466. The molecule has 1 aromatic rings. The second-order valence-electron chi connectivity index (χ2n) is 11.5. The molecule has 36 heavy (non-hydrogen) atoms. The number of benzene rings is 1. The van der Waals surface area contributed by atoms with Gasteiger partial charge in [0.1, 0.15) is 6.04 Å². The largest absolute Gasteiger partial charge is 0.394 e. The highest BCUT2D eigenvalue weighted by Gasteiger charge is 2.77. The fraction of sp³-hybridized carbons (Fsp3) is 0.679. The van der Waals surface area contributed by atoms with E-state index < -0.39 is 33.4 Å². The van der Waals surface area contributed by atoms with Gasteiger partial charge in [-0.1, -0.05) is 32.9 Å². The van der Waals surface area contributed by atoms with Gasteiger partial charge in [0.25, 0.3) is 0 Å². The number of fused-ring (bicyclic) bond motifs is 1. The summed E-state index contributed by atoms with van der Waals surface area (Å²) >= 11 is 1.66. The van der Waals surface area contributed by atoms with Crippen LogP contribution in [0.15, 0.2) is 18.2 Å². The van der Waals surface area contributed by atoms with Crippen molar-refractivity contribution in [1.29, 1.82) is 0 Å². The van der Waals surface area contributed by atoms with Crippen LogP contribution < -0.4 is 10.6 Å². The Kier molecular flexibility index (Phi) is 7.50. The first-order valence-electron chi connectivity index (χ1n) is 13.3. The van der Waals surface area contributed by atoms with E-state index in [-0.39, 0.29) is 30.2 Å². The maximum absolute atomic E-state index is 14.2. The molecule has 3 saturated heterocycles. The third-order valence-corrected chi connectivity index (χ3v) is 10.3. The molecular weight excluding hydrogens is 474 g/mol. The number of carbonyl (C=O) groups is 3. The van der Waals surface area contributed by atoms with Crippen LogP contribution in [0.2, 0.25) is 0 Å². The normalized spacial score (nSPS) is 31.6. The number of aliphatic hydroxyl groups is 1. The van der Waals surface area contributed by atoms with Crippen molar-refractivity contribution >= 4 is 35.2 Å². The second-order valence-corrected chi connectivity index (χ2v) is 13.4. The summed E-state index contributed by atoms with van der Waals surface area (Å²) in [6.07, 6.45) is 2.89. The van der Waals surface area contributed by atoms with Gasteiger partial charge in [0.05, 0.1) is 29.2 Å². The van der Waals surface area contributed by atoms with Crippen molar-refractivity contribution in [3.05, 3.63) is 29.3 Å². The lowest BCUT2D eigenvalue weighted by Gasteiger charge is -2.37. The Morgan fingerprint density at radius 2 is 1.94 bits per heavy atom. The Bertz CT molecular complexity index is 1050. The van der Waals surface area contributed by atoms with E-state index in [2.05, 4.69) is 31.4 Å². The first-order chi connectivity index (χ1) is 17.0. The van der Waals surface area contributed by atoms with Crippen molar-refractivity contribution in [2.24, 2.45) is 17.8 Å². The average molecular weight is 516 g/mol. The maximum atomic E-state index is 14.2. The molecule has 3 heterocycles. The molecule has 198 valence electrons. The molecule has 7 nitrogen and oxygen atoms in total. The zero-order valence-electron chi connectivity index (χ0n) is 22.4. The molecule has 0 saturated carbocycles. The van der Waals surface area contributed by atoms with Crippen molar-refractivity contribution < 1.29 is 19.5 Å². The third kappa shape index (κ3) is 4.34. The molecule has 1 aromatic carbocycles. The van der Waals surface area contributed by atoms with Crippen molar-refractivity contribution in [2.75, 3.05) is 18.5 Å². The Hall–Kier alpha value is -2.06. The van der Waals surface area contributed by atoms with Gasteiger partial charge in [0, 0.05) is 17.0 Å². The summed E-state index contributed by atoms with van der Waals surface area (Å²) in [5, 5.41) is 16.5. The van der Waals surface area contributed by atoms with Gasteiger partial charge in [0.15, 0.2) is 0 Å². The summed E-state index contributed by atoms with van der Waals surface area (Å²) in [6, 6.07) is 4.71. The van der Waals surface area contributed by atoms with E-state index >= 15 is 0 Å². The van der Waals surface area contributed by atoms with Crippen molar-refractivity contribution in [3.63, 3.8) is 0 Å². The number of rotatable bonds is 9. The number of likely N-dealkylation sites (tertiary alicyclic amines) is 1. The van der Waals surface area contributed by atoms with E-state index in [1.54, 1.807) is 16.7 Å². The molecule has 0 aromatic heterocycles. The molecule has 3 fully saturated rings. The molecule has 8 heteroatoms. The van der Waals surface area contributed by atoms with Gasteiger partial charge in [-0.05, 0) is 69.6 Å². The van der Waals surface area contributed by atoms with Crippen LogP contribution in [-0.2, 0) is 14.4 Å². The number of amides is 3. The molecule has 4 rings (SSSR count). The Balaban J connectivity index is 1.78. The third-order valence-electron chi connectivity index (χ3n) is 8.29. The fourth-order valence-corrected chi connectivity index (χ4v) is 9.05. The molecule has 6 atom stereocenters. The lowest BCUT2D eigenvalue weighted by Crippen LogP contribution is -2.55. The molecule has 1 spiro atoms. The number of hydrogen-bond donors (Lipinski definition) is 3. The Labute approximate surface area is 219 Å². The number of aryl methyl sites for hydroxylation is 2. The summed E-state index contributed by atoms with van der Waals surface area (Å²) < 4.78 is -1.08. The zero-order chi connectivity index (χ0) is 26.4. The van der Waals surface area contributed by atoms with Crippen LogP contribution >= 0.6 is 11.8 Å². The molecule has 3 N–H and O–H groups in total. The van der Waals surface area contributed by atoms with Crippen LogP contribution in [0, 0.1) is 31.6 Å². The molecular formula is C28H41N3O4S. The van der Waals surface area contributed by atoms with Gasteiger partial charge in [-0.25, -0.2) is 0 Å². The first-order valence-corrected chi connectivity index (χ1v) is 14.1. The molecule has 2 unspecified atom stereocenters. The van der Waals surface area contributed by atoms with E-state index in [1.165, 1.54) is 0 Å². The minimum atomic E-state index is -0.749. The fourth-order valence-electron chi connectivity index (χ4n) is 6.71. The van der Waals surface area contributed by atoms with Gasteiger partial charge in [0.2, 0.25) is 17.7 Å². The Morgan fingerprint density at radius 3 is 2.58 bits per heavy atom. The zero-order valence-corrected chi connectivity index (χ0v) is 23.2.